The van der Waals surface area contributed by atoms with Crippen LogP contribution in [0.3, 0.4) is 0 Å². The fraction of sp³-hybridized carbons (Fsp3) is 0.111. The Labute approximate surface area is 202 Å². The molecule has 2 N–H and O–H groups in total. The maximum Gasteiger partial charge on any atom is 0.255 e. The molecular weight excluding hydrogens is 452 g/mol. The number of aryl methyl sites for hydroxylation is 1. The molecule has 0 aliphatic rings. The first-order chi connectivity index (χ1) is 15.9. The maximum absolute atomic E-state index is 12.6. The summed E-state index contributed by atoms with van der Waals surface area (Å²) >= 11 is 7.58. The van der Waals surface area contributed by atoms with Gasteiger partial charge < -0.3 is 10.6 Å². The highest BCUT2D eigenvalue weighted by molar-refractivity contribution is 8.00. The van der Waals surface area contributed by atoms with Crippen LogP contribution in [0.15, 0.2) is 89.8 Å². The quantitative estimate of drug-likeness (QED) is 0.291. The molecule has 4 nitrogen and oxygen atoms in total. The Morgan fingerprint density at radius 3 is 2.24 bits per heavy atom. The largest absolute Gasteiger partial charge is 0.325 e. The first kappa shape index (κ1) is 22.9. The lowest BCUT2D eigenvalue weighted by molar-refractivity contribution is -0.115. The van der Waals surface area contributed by atoms with E-state index in [2.05, 4.69) is 10.6 Å². The molecule has 0 aliphatic heterocycles. The van der Waals surface area contributed by atoms with Crippen LogP contribution in [0.5, 0.6) is 0 Å². The molecule has 0 aliphatic carbocycles. The minimum absolute atomic E-state index is 0.103. The Morgan fingerprint density at radius 1 is 0.818 bits per heavy atom. The maximum atomic E-state index is 12.6. The van der Waals surface area contributed by atoms with Crippen molar-refractivity contribution in [1.82, 2.24) is 0 Å². The number of hydrogen-bond acceptors (Lipinski definition) is 3. The van der Waals surface area contributed by atoms with Gasteiger partial charge in [0.2, 0.25) is 5.91 Å². The van der Waals surface area contributed by atoms with Crippen LogP contribution < -0.4 is 10.6 Å². The first-order valence-electron chi connectivity index (χ1n) is 10.5. The van der Waals surface area contributed by atoms with Crippen LogP contribution in [0, 0.1) is 6.92 Å². The van der Waals surface area contributed by atoms with E-state index >= 15 is 0 Å². The van der Waals surface area contributed by atoms with Gasteiger partial charge in [-0.1, -0.05) is 48.0 Å². The minimum atomic E-state index is -0.303. The van der Waals surface area contributed by atoms with E-state index in [1.54, 1.807) is 6.07 Å². The van der Waals surface area contributed by atoms with Crippen LogP contribution >= 0.6 is 23.4 Å². The van der Waals surface area contributed by atoms with Crippen molar-refractivity contribution in [3.05, 3.63) is 101 Å². The number of anilines is 2. The Morgan fingerprint density at radius 2 is 1.52 bits per heavy atom. The second-order valence-electron chi connectivity index (χ2n) is 7.75. The van der Waals surface area contributed by atoms with Crippen LogP contribution in [-0.2, 0) is 4.79 Å². The van der Waals surface area contributed by atoms with Gasteiger partial charge in [-0.3, -0.25) is 9.59 Å². The highest BCUT2D eigenvalue weighted by Crippen LogP contribution is 2.27. The standard InChI is InChI=1S/C27H23ClN2O2S/c1-17-7-10-23(16-25(17)28)30-26(31)18(2)33-24-13-11-22(12-14-24)29-27(32)21-9-8-19-5-3-4-6-20(19)15-21/h3-16,18H,1-2H3,(H,29,32)(H,30,31). The van der Waals surface area contributed by atoms with Gasteiger partial charge in [0.25, 0.3) is 5.91 Å². The average molecular weight is 475 g/mol. The summed E-state index contributed by atoms with van der Waals surface area (Å²) in [5.74, 6) is -0.265. The summed E-state index contributed by atoms with van der Waals surface area (Å²) in [5, 5.41) is 8.26. The molecule has 0 heterocycles. The molecule has 2 amide bonds. The lowest BCUT2D eigenvalue weighted by Gasteiger charge is -2.13. The van der Waals surface area contributed by atoms with Gasteiger partial charge in [0.15, 0.2) is 0 Å². The number of rotatable bonds is 6. The summed E-state index contributed by atoms with van der Waals surface area (Å²) in [5.41, 5.74) is 2.94. The van der Waals surface area contributed by atoms with Gasteiger partial charge >= 0.3 is 0 Å². The Balaban J connectivity index is 1.35. The Kier molecular flexibility index (Phi) is 7.02. The summed E-state index contributed by atoms with van der Waals surface area (Å²) in [7, 11) is 0. The van der Waals surface area contributed by atoms with E-state index in [4.69, 9.17) is 11.6 Å². The predicted octanol–water partition coefficient (Wildman–Crippen LogP) is 7.17. The first-order valence-corrected chi connectivity index (χ1v) is 11.8. The highest BCUT2D eigenvalue weighted by Gasteiger charge is 2.15. The highest BCUT2D eigenvalue weighted by atomic mass is 35.5. The van der Waals surface area contributed by atoms with Crippen molar-refractivity contribution in [2.24, 2.45) is 0 Å². The van der Waals surface area contributed by atoms with Crippen LogP contribution in [0.1, 0.15) is 22.8 Å². The minimum Gasteiger partial charge on any atom is -0.325 e. The monoisotopic (exact) mass is 474 g/mol. The molecule has 6 heteroatoms. The number of hydrogen-bond donors (Lipinski definition) is 2. The zero-order valence-electron chi connectivity index (χ0n) is 18.3. The fourth-order valence-electron chi connectivity index (χ4n) is 3.32. The van der Waals surface area contributed by atoms with Crippen molar-refractivity contribution in [1.29, 1.82) is 0 Å². The van der Waals surface area contributed by atoms with Gasteiger partial charge in [-0.2, -0.15) is 0 Å². The molecule has 166 valence electrons. The van der Waals surface area contributed by atoms with Gasteiger partial charge in [0, 0.05) is 26.9 Å². The van der Waals surface area contributed by atoms with Gasteiger partial charge in [0.1, 0.15) is 0 Å². The molecule has 33 heavy (non-hydrogen) atoms. The number of nitrogens with one attached hydrogen (secondary N) is 2. The number of carbonyl (C=O) groups is 2. The molecule has 0 radical (unpaired) electrons. The van der Waals surface area contributed by atoms with Crippen LogP contribution in [0.2, 0.25) is 5.02 Å². The molecule has 0 spiro atoms. The van der Waals surface area contributed by atoms with Crippen molar-refractivity contribution < 1.29 is 9.59 Å². The SMILES string of the molecule is Cc1ccc(NC(=O)C(C)Sc2ccc(NC(=O)c3ccc4ccccc4c3)cc2)cc1Cl. The van der Waals surface area contributed by atoms with E-state index in [0.29, 0.717) is 22.0 Å². The molecule has 1 atom stereocenters. The summed E-state index contributed by atoms with van der Waals surface area (Å²) in [6.07, 6.45) is 0. The summed E-state index contributed by atoms with van der Waals surface area (Å²) in [6.45, 7) is 3.77. The second-order valence-corrected chi connectivity index (χ2v) is 9.58. The third kappa shape index (κ3) is 5.75. The molecule has 1 unspecified atom stereocenters. The number of amides is 2. The molecule has 0 fully saturated rings. The molecule has 4 rings (SSSR count). The smallest absolute Gasteiger partial charge is 0.255 e. The molecule has 0 bridgehead atoms. The molecule has 0 aromatic heterocycles. The van der Waals surface area contributed by atoms with Crippen molar-refractivity contribution in [2.75, 3.05) is 10.6 Å². The van der Waals surface area contributed by atoms with Crippen molar-refractivity contribution in [3.8, 4) is 0 Å². The van der Waals surface area contributed by atoms with E-state index in [1.165, 1.54) is 11.8 Å². The fourth-order valence-corrected chi connectivity index (χ4v) is 4.37. The molecule has 4 aromatic carbocycles. The number of fused-ring (bicyclic) bond motifs is 1. The summed E-state index contributed by atoms with van der Waals surface area (Å²) in [6, 6.07) is 26.5. The Hall–Kier alpha value is -3.28. The van der Waals surface area contributed by atoms with Gasteiger partial charge in [-0.25, -0.2) is 0 Å². The zero-order chi connectivity index (χ0) is 23.4. The third-order valence-corrected chi connectivity index (χ3v) is 6.76. The van der Waals surface area contributed by atoms with E-state index in [1.807, 2.05) is 92.7 Å². The van der Waals surface area contributed by atoms with Crippen LogP contribution in [-0.4, -0.2) is 17.1 Å². The normalized spacial score (nSPS) is 11.7. The van der Waals surface area contributed by atoms with Crippen LogP contribution in [0.25, 0.3) is 10.8 Å². The topological polar surface area (TPSA) is 58.2 Å². The number of thioether (sulfide) groups is 1. The van der Waals surface area contributed by atoms with Crippen molar-refractivity contribution in [2.45, 2.75) is 24.0 Å². The number of carbonyl (C=O) groups excluding carboxylic acids is 2. The summed E-state index contributed by atoms with van der Waals surface area (Å²) < 4.78 is 0. The van der Waals surface area contributed by atoms with Crippen molar-refractivity contribution in [3.63, 3.8) is 0 Å². The van der Waals surface area contributed by atoms with E-state index < -0.39 is 0 Å². The van der Waals surface area contributed by atoms with Gasteiger partial charge in [0.05, 0.1) is 5.25 Å². The third-order valence-electron chi connectivity index (χ3n) is 5.25. The number of halogens is 1. The zero-order valence-corrected chi connectivity index (χ0v) is 19.8. The van der Waals surface area contributed by atoms with Gasteiger partial charge in [-0.15, -0.1) is 11.8 Å². The molecule has 4 aromatic rings. The molecule has 0 saturated heterocycles. The molecular formula is C27H23ClN2O2S. The second kappa shape index (κ2) is 10.1. The Bertz CT molecular complexity index is 1320. The number of benzene rings is 4. The lowest BCUT2D eigenvalue weighted by Crippen LogP contribution is -2.22. The predicted molar refractivity (Wildman–Crippen MR) is 138 cm³/mol. The van der Waals surface area contributed by atoms with Crippen molar-refractivity contribution >= 4 is 57.3 Å². The van der Waals surface area contributed by atoms with Crippen LogP contribution in [0.4, 0.5) is 11.4 Å². The molecule has 0 saturated carbocycles. The lowest BCUT2D eigenvalue weighted by atomic mass is 10.1. The average Bonchev–Trinajstić information content (AvgIpc) is 2.82. The van der Waals surface area contributed by atoms with E-state index in [0.717, 1.165) is 21.2 Å². The van der Waals surface area contributed by atoms with Gasteiger partial charge in [-0.05, 0) is 78.7 Å². The van der Waals surface area contributed by atoms with E-state index in [-0.39, 0.29) is 17.1 Å². The summed E-state index contributed by atoms with van der Waals surface area (Å²) in [4.78, 5) is 26.1. The van der Waals surface area contributed by atoms with E-state index in [9.17, 15) is 9.59 Å².